The second-order valence-electron chi connectivity index (χ2n) is 7.31. The molecule has 1 aromatic heterocycles. The molecule has 148 valence electrons. The van der Waals surface area contributed by atoms with Crippen LogP contribution in [0, 0.1) is 5.92 Å². The Bertz CT molecular complexity index is 866. The van der Waals surface area contributed by atoms with E-state index in [1.165, 1.54) is 12.7 Å². The van der Waals surface area contributed by atoms with E-state index in [4.69, 9.17) is 4.42 Å². The average molecular weight is 448 g/mol. The van der Waals surface area contributed by atoms with Crippen LogP contribution in [0.4, 0.5) is 11.4 Å². The number of aromatic nitrogens is 1. The smallest absolute Gasteiger partial charge is 0.277 e. The molecule has 3 heterocycles. The molecule has 0 bridgehead atoms. The summed E-state index contributed by atoms with van der Waals surface area (Å²) in [6, 6.07) is 5.66. The van der Waals surface area contributed by atoms with Crippen LogP contribution in [0.5, 0.6) is 0 Å². The van der Waals surface area contributed by atoms with Gasteiger partial charge in [0.15, 0.2) is 12.1 Å². The number of hydrogen-bond acceptors (Lipinski definition) is 6. The van der Waals surface area contributed by atoms with Gasteiger partial charge in [0.1, 0.15) is 6.26 Å². The Kier molecular flexibility index (Phi) is 5.36. The highest BCUT2D eigenvalue weighted by atomic mass is 79.9. The van der Waals surface area contributed by atoms with Gasteiger partial charge in [-0.1, -0.05) is 6.07 Å². The van der Waals surface area contributed by atoms with E-state index in [9.17, 15) is 9.59 Å². The maximum Gasteiger partial charge on any atom is 0.277 e. The molecule has 28 heavy (non-hydrogen) atoms. The first-order valence-corrected chi connectivity index (χ1v) is 10.00. The predicted molar refractivity (Wildman–Crippen MR) is 108 cm³/mol. The second kappa shape index (κ2) is 7.92. The number of likely N-dealkylation sites (tertiary alicyclic amines) is 1. The summed E-state index contributed by atoms with van der Waals surface area (Å²) >= 11 is 3.50. The van der Waals surface area contributed by atoms with Gasteiger partial charge in [-0.2, -0.15) is 0 Å². The van der Waals surface area contributed by atoms with Crippen LogP contribution in [-0.2, 0) is 4.79 Å². The van der Waals surface area contributed by atoms with Crippen LogP contribution in [0.1, 0.15) is 10.5 Å². The number of oxazole rings is 1. The largest absolute Gasteiger partial charge is 0.451 e. The molecule has 9 heteroatoms. The number of anilines is 2. The van der Waals surface area contributed by atoms with Gasteiger partial charge in [0.25, 0.3) is 5.91 Å². The molecule has 0 aliphatic carbocycles. The molecule has 8 nitrogen and oxygen atoms in total. The third kappa shape index (κ3) is 3.90. The van der Waals surface area contributed by atoms with E-state index in [0.29, 0.717) is 24.7 Å². The molecule has 0 unspecified atom stereocenters. The highest BCUT2D eigenvalue weighted by molar-refractivity contribution is 9.10. The number of nitrogens with one attached hydrogen (secondary N) is 1. The number of piperazine rings is 1. The lowest BCUT2D eigenvalue weighted by Gasteiger charge is -2.42. The Morgan fingerprint density at radius 2 is 2.18 bits per heavy atom. The zero-order valence-electron chi connectivity index (χ0n) is 15.6. The predicted octanol–water partition coefficient (Wildman–Crippen LogP) is 1.90. The molecule has 0 atom stereocenters. The maximum atomic E-state index is 12.7. The minimum Gasteiger partial charge on any atom is -0.451 e. The minimum atomic E-state index is -0.360. The van der Waals surface area contributed by atoms with Crippen molar-refractivity contribution in [1.82, 2.24) is 14.8 Å². The third-order valence-corrected chi connectivity index (χ3v) is 5.83. The summed E-state index contributed by atoms with van der Waals surface area (Å²) in [5, 5.41) is 2.88. The van der Waals surface area contributed by atoms with E-state index >= 15 is 0 Å². The van der Waals surface area contributed by atoms with Crippen LogP contribution in [0.15, 0.2) is 39.7 Å². The van der Waals surface area contributed by atoms with Crippen molar-refractivity contribution >= 4 is 39.1 Å². The SMILES string of the molecule is CN1CC(CN2CCN(c3cccc(Br)c3NC(=O)c3cocn3)CC2=O)C1. The summed E-state index contributed by atoms with van der Waals surface area (Å²) in [6.07, 6.45) is 2.51. The van der Waals surface area contributed by atoms with E-state index in [0.717, 1.165) is 36.3 Å². The van der Waals surface area contributed by atoms with Gasteiger partial charge in [0.05, 0.1) is 17.9 Å². The summed E-state index contributed by atoms with van der Waals surface area (Å²) < 4.78 is 5.63. The van der Waals surface area contributed by atoms with Gasteiger partial charge < -0.3 is 24.4 Å². The Balaban J connectivity index is 1.46. The van der Waals surface area contributed by atoms with Crippen LogP contribution < -0.4 is 10.2 Å². The fraction of sp³-hybridized carbons (Fsp3) is 0.421. The van der Waals surface area contributed by atoms with Crippen molar-refractivity contribution in [2.75, 3.05) is 56.5 Å². The van der Waals surface area contributed by atoms with Crippen LogP contribution in [0.25, 0.3) is 0 Å². The van der Waals surface area contributed by atoms with Gasteiger partial charge in [0.2, 0.25) is 5.91 Å². The van der Waals surface area contributed by atoms with Crippen LogP contribution in [0.2, 0.25) is 0 Å². The Morgan fingerprint density at radius 1 is 1.36 bits per heavy atom. The van der Waals surface area contributed by atoms with E-state index in [2.05, 4.69) is 38.2 Å². The second-order valence-corrected chi connectivity index (χ2v) is 8.16. The number of hydrogen-bond donors (Lipinski definition) is 1. The molecule has 2 aromatic rings. The zero-order valence-corrected chi connectivity index (χ0v) is 17.2. The average Bonchev–Trinajstić information content (AvgIpc) is 3.18. The quantitative estimate of drug-likeness (QED) is 0.753. The van der Waals surface area contributed by atoms with Gasteiger partial charge in [-0.05, 0) is 35.1 Å². The molecule has 2 aliphatic rings. The fourth-order valence-electron chi connectivity index (χ4n) is 3.76. The van der Waals surface area contributed by atoms with Crippen molar-refractivity contribution in [2.24, 2.45) is 5.92 Å². The number of amides is 2. The van der Waals surface area contributed by atoms with Gasteiger partial charge in [-0.3, -0.25) is 9.59 Å². The molecular weight excluding hydrogens is 426 g/mol. The number of carbonyl (C=O) groups is 2. The summed E-state index contributed by atoms with van der Waals surface area (Å²) in [6.45, 7) is 4.63. The third-order valence-electron chi connectivity index (χ3n) is 5.17. The van der Waals surface area contributed by atoms with Crippen molar-refractivity contribution in [2.45, 2.75) is 0 Å². The molecule has 0 saturated carbocycles. The molecule has 4 rings (SSSR count). The monoisotopic (exact) mass is 447 g/mol. The van der Waals surface area contributed by atoms with Gasteiger partial charge >= 0.3 is 0 Å². The lowest BCUT2D eigenvalue weighted by Crippen LogP contribution is -2.56. The summed E-state index contributed by atoms with van der Waals surface area (Å²) in [4.78, 5) is 35.2. The Hall–Kier alpha value is -2.39. The number of carbonyl (C=O) groups excluding carboxylic acids is 2. The number of benzene rings is 1. The van der Waals surface area contributed by atoms with Crippen molar-refractivity contribution in [3.8, 4) is 0 Å². The molecule has 2 amide bonds. The molecule has 1 N–H and O–H groups in total. The highest BCUT2D eigenvalue weighted by Crippen LogP contribution is 2.34. The number of rotatable bonds is 5. The molecule has 0 spiro atoms. The zero-order chi connectivity index (χ0) is 19.7. The Morgan fingerprint density at radius 3 is 2.86 bits per heavy atom. The van der Waals surface area contributed by atoms with Crippen LogP contribution in [-0.4, -0.2) is 72.9 Å². The van der Waals surface area contributed by atoms with Crippen molar-refractivity contribution in [3.05, 3.63) is 41.0 Å². The summed E-state index contributed by atoms with van der Waals surface area (Å²) in [5.41, 5.74) is 1.63. The fourth-order valence-corrected chi connectivity index (χ4v) is 4.22. The lowest BCUT2D eigenvalue weighted by molar-refractivity contribution is -0.132. The molecule has 0 radical (unpaired) electrons. The number of nitrogens with zero attached hydrogens (tertiary/aromatic N) is 4. The molecule has 2 aliphatic heterocycles. The van der Waals surface area contributed by atoms with Gasteiger partial charge in [-0.25, -0.2) is 4.98 Å². The summed E-state index contributed by atoms with van der Waals surface area (Å²) in [7, 11) is 2.10. The lowest BCUT2D eigenvalue weighted by atomic mass is 10.00. The first kappa shape index (κ1) is 18.9. The van der Waals surface area contributed by atoms with Gasteiger partial charge in [0, 0.05) is 43.1 Å². The van der Waals surface area contributed by atoms with E-state index < -0.39 is 0 Å². The molecule has 2 saturated heterocycles. The van der Waals surface area contributed by atoms with Crippen molar-refractivity contribution in [1.29, 1.82) is 0 Å². The van der Waals surface area contributed by atoms with E-state index in [1.54, 1.807) is 0 Å². The standard InChI is InChI=1S/C19H22BrN5O3/c1-23-7-13(8-23)9-25-6-5-24(10-17(25)26)16-4-2-3-14(20)18(16)22-19(27)15-11-28-12-21-15/h2-4,11-13H,5-10H2,1H3,(H,22,27). The van der Waals surface area contributed by atoms with Crippen molar-refractivity contribution < 1.29 is 14.0 Å². The topological polar surface area (TPSA) is 81.9 Å². The Labute approximate surface area is 171 Å². The highest BCUT2D eigenvalue weighted by Gasteiger charge is 2.31. The number of halogens is 1. The van der Waals surface area contributed by atoms with E-state index in [1.807, 2.05) is 28.0 Å². The molecular formula is C19H22BrN5O3. The van der Waals surface area contributed by atoms with Crippen LogP contribution in [0.3, 0.4) is 0 Å². The summed E-state index contributed by atoms with van der Waals surface area (Å²) in [5.74, 6) is 0.333. The van der Waals surface area contributed by atoms with Crippen molar-refractivity contribution in [3.63, 3.8) is 0 Å². The molecule has 2 fully saturated rings. The number of para-hydroxylation sites is 1. The van der Waals surface area contributed by atoms with Gasteiger partial charge in [-0.15, -0.1) is 0 Å². The first-order valence-electron chi connectivity index (χ1n) is 9.20. The van der Waals surface area contributed by atoms with E-state index in [-0.39, 0.29) is 17.5 Å². The first-order chi connectivity index (χ1) is 13.5. The molecule has 1 aromatic carbocycles. The normalized spacial score (nSPS) is 18.3. The minimum absolute atomic E-state index is 0.120. The maximum absolute atomic E-state index is 12.7. The van der Waals surface area contributed by atoms with Crippen LogP contribution >= 0.6 is 15.9 Å².